The highest BCUT2D eigenvalue weighted by atomic mass is 35.5. The number of halogens is 1. The predicted octanol–water partition coefficient (Wildman–Crippen LogP) is 5.47. The van der Waals surface area contributed by atoms with Crippen LogP contribution in [-0.4, -0.2) is 18.0 Å². The summed E-state index contributed by atoms with van der Waals surface area (Å²) >= 11 is 6.03. The van der Waals surface area contributed by atoms with Crippen molar-refractivity contribution in [3.63, 3.8) is 0 Å². The molecule has 2 heteroatoms. The zero-order valence-corrected chi connectivity index (χ0v) is 13.7. The Morgan fingerprint density at radius 3 is 2.60 bits per heavy atom. The fourth-order valence-corrected chi connectivity index (χ4v) is 3.17. The van der Waals surface area contributed by atoms with Gasteiger partial charge in [0.1, 0.15) is 0 Å². The SMILES string of the molecule is CCCCN1CC/C(=C\C(C)C)C1c1ccc(Cl)cc1. The summed E-state index contributed by atoms with van der Waals surface area (Å²) in [5.41, 5.74) is 2.97. The van der Waals surface area contributed by atoms with Crippen molar-refractivity contribution in [3.8, 4) is 0 Å². The van der Waals surface area contributed by atoms with Crippen molar-refractivity contribution in [1.29, 1.82) is 0 Å². The van der Waals surface area contributed by atoms with Crippen molar-refractivity contribution >= 4 is 11.6 Å². The molecule has 1 saturated heterocycles. The second-order valence-electron chi connectivity index (χ2n) is 6.08. The molecule has 1 fully saturated rings. The Kier molecular flexibility index (Phi) is 5.68. The number of rotatable bonds is 5. The van der Waals surface area contributed by atoms with Crippen LogP contribution in [0.1, 0.15) is 51.6 Å². The molecule has 1 nitrogen and oxygen atoms in total. The predicted molar refractivity (Wildman–Crippen MR) is 88.2 cm³/mol. The number of likely N-dealkylation sites (tertiary alicyclic amines) is 1. The van der Waals surface area contributed by atoms with Crippen LogP contribution in [-0.2, 0) is 0 Å². The van der Waals surface area contributed by atoms with Crippen LogP contribution in [0.25, 0.3) is 0 Å². The van der Waals surface area contributed by atoms with Crippen LogP contribution in [0.15, 0.2) is 35.9 Å². The lowest BCUT2D eigenvalue weighted by Gasteiger charge is -2.26. The van der Waals surface area contributed by atoms with Gasteiger partial charge in [0.25, 0.3) is 0 Å². The van der Waals surface area contributed by atoms with Gasteiger partial charge in [-0.1, -0.05) is 62.6 Å². The molecule has 110 valence electrons. The maximum absolute atomic E-state index is 6.03. The summed E-state index contributed by atoms with van der Waals surface area (Å²) in [6, 6.07) is 8.86. The van der Waals surface area contributed by atoms with Crippen molar-refractivity contribution in [3.05, 3.63) is 46.5 Å². The first-order valence-electron chi connectivity index (χ1n) is 7.82. The molecule has 20 heavy (non-hydrogen) atoms. The lowest BCUT2D eigenvalue weighted by molar-refractivity contribution is 0.267. The van der Waals surface area contributed by atoms with Gasteiger partial charge in [-0.25, -0.2) is 0 Å². The van der Waals surface area contributed by atoms with E-state index in [0.29, 0.717) is 12.0 Å². The van der Waals surface area contributed by atoms with Gasteiger partial charge in [0.15, 0.2) is 0 Å². The molecule has 0 amide bonds. The third-order valence-corrected chi connectivity index (χ3v) is 4.19. The largest absolute Gasteiger partial charge is 0.292 e. The number of unbranched alkanes of at least 4 members (excludes halogenated alkanes) is 1. The van der Waals surface area contributed by atoms with E-state index in [4.69, 9.17) is 11.6 Å². The van der Waals surface area contributed by atoms with E-state index in [1.165, 1.54) is 37.9 Å². The number of allylic oxidation sites excluding steroid dienone is 1. The second kappa shape index (κ2) is 7.28. The summed E-state index contributed by atoms with van der Waals surface area (Å²) in [5, 5.41) is 0.821. The summed E-state index contributed by atoms with van der Waals surface area (Å²) in [7, 11) is 0. The third kappa shape index (κ3) is 3.86. The first kappa shape index (κ1) is 15.6. The zero-order valence-electron chi connectivity index (χ0n) is 12.9. The lowest BCUT2D eigenvalue weighted by atomic mass is 9.96. The average Bonchev–Trinajstić information content (AvgIpc) is 2.79. The Bertz CT molecular complexity index is 447. The molecule has 1 unspecified atom stereocenters. The molecule has 1 aromatic carbocycles. The molecule has 1 aromatic rings. The zero-order chi connectivity index (χ0) is 14.5. The smallest absolute Gasteiger partial charge is 0.0561 e. The minimum absolute atomic E-state index is 0.459. The second-order valence-corrected chi connectivity index (χ2v) is 6.52. The monoisotopic (exact) mass is 291 g/mol. The van der Waals surface area contributed by atoms with Crippen LogP contribution in [0, 0.1) is 5.92 Å². The van der Waals surface area contributed by atoms with Gasteiger partial charge in [-0.05, 0) is 43.0 Å². The van der Waals surface area contributed by atoms with Crippen molar-refractivity contribution in [2.24, 2.45) is 5.92 Å². The summed E-state index contributed by atoms with van der Waals surface area (Å²) < 4.78 is 0. The molecule has 0 aliphatic carbocycles. The highest BCUT2D eigenvalue weighted by molar-refractivity contribution is 6.30. The van der Waals surface area contributed by atoms with E-state index >= 15 is 0 Å². The van der Waals surface area contributed by atoms with Crippen LogP contribution in [0.5, 0.6) is 0 Å². The van der Waals surface area contributed by atoms with Crippen molar-refractivity contribution in [1.82, 2.24) is 4.90 Å². The van der Waals surface area contributed by atoms with Gasteiger partial charge in [-0.3, -0.25) is 4.90 Å². The average molecular weight is 292 g/mol. The molecule has 0 aromatic heterocycles. The van der Waals surface area contributed by atoms with Crippen molar-refractivity contribution in [2.75, 3.05) is 13.1 Å². The molecule has 0 saturated carbocycles. The molecule has 1 aliphatic heterocycles. The van der Waals surface area contributed by atoms with Gasteiger partial charge < -0.3 is 0 Å². The topological polar surface area (TPSA) is 3.24 Å². The molecule has 0 bridgehead atoms. The standard InChI is InChI=1S/C18H26ClN/c1-4-5-11-20-12-10-16(13-14(2)3)18(20)15-6-8-17(19)9-7-15/h6-9,13-14,18H,4-5,10-12H2,1-3H3/b16-13+. The maximum atomic E-state index is 6.03. The molecule has 0 N–H and O–H groups in total. The minimum Gasteiger partial charge on any atom is -0.292 e. The van der Waals surface area contributed by atoms with Crippen LogP contribution in [0.4, 0.5) is 0 Å². The van der Waals surface area contributed by atoms with Crippen molar-refractivity contribution < 1.29 is 0 Å². The van der Waals surface area contributed by atoms with Crippen LogP contribution in [0.3, 0.4) is 0 Å². The highest BCUT2D eigenvalue weighted by Crippen LogP contribution is 2.37. The normalized spacial score (nSPS) is 22.1. The van der Waals surface area contributed by atoms with E-state index in [-0.39, 0.29) is 0 Å². The van der Waals surface area contributed by atoms with Gasteiger partial charge in [0, 0.05) is 11.6 Å². The van der Waals surface area contributed by atoms with Gasteiger partial charge in [-0.2, -0.15) is 0 Å². The van der Waals surface area contributed by atoms with Gasteiger partial charge in [0.2, 0.25) is 0 Å². The van der Waals surface area contributed by atoms with Gasteiger partial charge >= 0.3 is 0 Å². The summed E-state index contributed by atoms with van der Waals surface area (Å²) in [4.78, 5) is 2.63. The van der Waals surface area contributed by atoms with Gasteiger partial charge in [0.05, 0.1) is 6.04 Å². The Balaban J connectivity index is 2.26. The van der Waals surface area contributed by atoms with E-state index in [9.17, 15) is 0 Å². The van der Waals surface area contributed by atoms with Crippen LogP contribution in [0.2, 0.25) is 5.02 Å². The lowest BCUT2D eigenvalue weighted by Crippen LogP contribution is -2.24. The van der Waals surface area contributed by atoms with E-state index in [1.54, 1.807) is 5.57 Å². The van der Waals surface area contributed by atoms with Crippen molar-refractivity contribution in [2.45, 2.75) is 46.1 Å². The Hall–Kier alpha value is -0.790. The number of hydrogen-bond acceptors (Lipinski definition) is 1. The molecule has 0 spiro atoms. The number of benzene rings is 1. The van der Waals surface area contributed by atoms with E-state index in [2.05, 4.69) is 43.9 Å². The Morgan fingerprint density at radius 1 is 1.30 bits per heavy atom. The van der Waals surface area contributed by atoms with Gasteiger partial charge in [-0.15, -0.1) is 0 Å². The third-order valence-electron chi connectivity index (χ3n) is 3.94. The molecule has 2 rings (SSSR count). The highest BCUT2D eigenvalue weighted by Gasteiger charge is 2.29. The molecular weight excluding hydrogens is 266 g/mol. The molecule has 1 atom stereocenters. The fourth-order valence-electron chi connectivity index (χ4n) is 3.05. The Morgan fingerprint density at radius 2 is 2.00 bits per heavy atom. The molecule has 0 radical (unpaired) electrons. The first-order chi connectivity index (χ1) is 9.61. The van der Waals surface area contributed by atoms with E-state index in [1.807, 2.05) is 12.1 Å². The van der Waals surface area contributed by atoms with Crippen LogP contribution >= 0.6 is 11.6 Å². The quantitative estimate of drug-likeness (QED) is 0.650. The molecular formula is C18H26ClN. The first-order valence-corrected chi connectivity index (χ1v) is 8.19. The maximum Gasteiger partial charge on any atom is 0.0561 e. The molecule has 1 heterocycles. The summed E-state index contributed by atoms with van der Waals surface area (Å²) in [6.45, 7) is 9.17. The number of hydrogen-bond donors (Lipinski definition) is 0. The fraction of sp³-hybridized carbons (Fsp3) is 0.556. The molecule has 1 aliphatic rings. The summed E-state index contributed by atoms with van der Waals surface area (Å²) in [5.74, 6) is 0.617. The Labute approximate surface area is 128 Å². The van der Waals surface area contributed by atoms with E-state index in [0.717, 1.165) is 5.02 Å². The van der Waals surface area contributed by atoms with Crippen LogP contribution < -0.4 is 0 Å². The summed E-state index contributed by atoms with van der Waals surface area (Å²) in [6.07, 6.45) is 6.19. The minimum atomic E-state index is 0.459. The number of nitrogens with zero attached hydrogens (tertiary/aromatic N) is 1. The van der Waals surface area contributed by atoms with E-state index < -0.39 is 0 Å².